The largest absolute Gasteiger partial charge is 0.462 e. The number of aliphatic hydroxyl groups excluding tert-OH is 1. The van der Waals surface area contributed by atoms with Crippen LogP contribution in [-0.4, -0.2) is 70.6 Å². The fourth-order valence-corrected chi connectivity index (χ4v) is 6.11. The summed E-state index contributed by atoms with van der Waals surface area (Å²) in [5.41, 5.74) is -3.57. The first-order valence-corrected chi connectivity index (χ1v) is 14.4. The van der Waals surface area contributed by atoms with Crippen molar-refractivity contribution in [3.8, 4) is 0 Å². The molecule has 1 aromatic rings. The van der Waals surface area contributed by atoms with Gasteiger partial charge in [0.15, 0.2) is 29.4 Å². The third-order valence-electron chi connectivity index (χ3n) is 8.12. The van der Waals surface area contributed by atoms with Gasteiger partial charge in [0, 0.05) is 44.1 Å². The lowest BCUT2D eigenvalue weighted by molar-refractivity contribution is -0.182. The molecule has 0 saturated heterocycles. The normalized spacial score (nSPS) is 32.7. The first-order chi connectivity index (χ1) is 20.4. The van der Waals surface area contributed by atoms with Crippen molar-refractivity contribution in [2.24, 2.45) is 23.2 Å². The lowest BCUT2D eigenvalue weighted by atomic mass is 9.72. The van der Waals surface area contributed by atoms with Crippen LogP contribution in [0.15, 0.2) is 54.6 Å². The van der Waals surface area contributed by atoms with Crippen LogP contribution in [0.2, 0.25) is 0 Å². The molecule has 1 saturated carbocycles. The minimum atomic E-state index is -2.03. The van der Waals surface area contributed by atoms with E-state index in [1.165, 1.54) is 38.1 Å². The van der Waals surface area contributed by atoms with Gasteiger partial charge < -0.3 is 24.1 Å². The van der Waals surface area contributed by atoms with E-state index in [0.29, 0.717) is 0 Å². The Morgan fingerprint density at radius 1 is 0.864 bits per heavy atom. The maximum absolute atomic E-state index is 14.4. The van der Waals surface area contributed by atoms with Crippen molar-refractivity contribution in [1.82, 2.24) is 0 Å². The van der Waals surface area contributed by atoms with E-state index in [2.05, 4.69) is 6.58 Å². The Balaban J connectivity index is 2.41. The molecule has 2 aliphatic rings. The van der Waals surface area contributed by atoms with E-state index < -0.39 is 88.6 Å². The number of benzene rings is 1. The highest BCUT2D eigenvalue weighted by molar-refractivity contribution is 5.95. The smallest absolute Gasteiger partial charge is 0.338 e. The minimum Gasteiger partial charge on any atom is -0.462 e. The maximum Gasteiger partial charge on any atom is 0.338 e. The van der Waals surface area contributed by atoms with Gasteiger partial charge in [-0.05, 0) is 31.9 Å². The molecule has 0 spiro atoms. The fraction of sp³-hybridized carbons (Fsp3) is 0.515. The summed E-state index contributed by atoms with van der Waals surface area (Å²) < 4.78 is 23.0. The van der Waals surface area contributed by atoms with Crippen LogP contribution in [0.3, 0.4) is 0 Å². The zero-order valence-electron chi connectivity index (χ0n) is 26.0. The molecule has 0 heterocycles. The second kappa shape index (κ2) is 13.3. The standard InChI is InChI=1S/C33H40O11/c1-17-14-15-32(7,8)30(39)25(37)28(42-21(5)35)19(3)27(43-31(40)23-12-10-9-11-13-23)24-26(41-20(4)34)18(2)16-33(24,29(17)38)44-22(6)36/h9-15,17-18,24-28,37H,3,16H2,1-2,4-8H3/b15-14+/t17-,18-,24+,25+,26-,27-,28-,33+/m0/s1. The van der Waals surface area contributed by atoms with Crippen LogP contribution in [0, 0.1) is 23.2 Å². The highest BCUT2D eigenvalue weighted by atomic mass is 16.6. The van der Waals surface area contributed by atoms with E-state index in [-0.39, 0.29) is 17.6 Å². The number of esters is 4. The Hall–Kier alpha value is -4.12. The molecule has 8 atom stereocenters. The Bertz CT molecular complexity index is 1360. The second-order valence-corrected chi connectivity index (χ2v) is 12.1. The monoisotopic (exact) mass is 612 g/mol. The summed E-state index contributed by atoms with van der Waals surface area (Å²) in [4.78, 5) is 78.9. The minimum absolute atomic E-state index is 0.101. The molecule has 2 aliphatic carbocycles. The van der Waals surface area contributed by atoms with E-state index in [0.717, 1.165) is 20.8 Å². The van der Waals surface area contributed by atoms with Crippen molar-refractivity contribution in [3.05, 3.63) is 60.2 Å². The number of hydrogen-bond acceptors (Lipinski definition) is 11. The number of aliphatic hydroxyl groups is 1. The predicted octanol–water partition coefficient (Wildman–Crippen LogP) is 3.32. The Labute approximate surface area is 256 Å². The summed E-state index contributed by atoms with van der Waals surface area (Å²) in [5.74, 6) is -7.68. The number of ether oxygens (including phenoxy) is 4. The Morgan fingerprint density at radius 2 is 1.45 bits per heavy atom. The number of hydrogen-bond donors (Lipinski definition) is 1. The summed E-state index contributed by atoms with van der Waals surface area (Å²) in [5, 5.41) is 11.4. The van der Waals surface area contributed by atoms with Crippen molar-refractivity contribution in [3.63, 3.8) is 0 Å². The summed E-state index contributed by atoms with van der Waals surface area (Å²) in [7, 11) is 0. The molecule has 44 heavy (non-hydrogen) atoms. The first-order valence-electron chi connectivity index (χ1n) is 14.4. The van der Waals surface area contributed by atoms with Crippen LogP contribution in [0.5, 0.6) is 0 Å². The Kier molecular flexibility index (Phi) is 10.4. The zero-order valence-corrected chi connectivity index (χ0v) is 26.0. The fourth-order valence-electron chi connectivity index (χ4n) is 6.11. The van der Waals surface area contributed by atoms with E-state index in [1.807, 2.05) is 0 Å². The molecule has 0 aromatic heterocycles. The van der Waals surface area contributed by atoms with Crippen molar-refractivity contribution in [2.45, 2.75) is 84.9 Å². The van der Waals surface area contributed by atoms with Gasteiger partial charge in [-0.1, -0.05) is 50.8 Å². The molecule has 0 aliphatic heterocycles. The summed E-state index contributed by atoms with van der Waals surface area (Å²) in [6.07, 6.45) is -3.82. The van der Waals surface area contributed by atoms with Crippen molar-refractivity contribution in [2.75, 3.05) is 0 Å². The summed E-state index contributed by atoms with van der Waals surface area (Å²) >= 11 is 0. The van der Waals surface area contributed by atoms with Crippen molar-refractivity contribution < 1.29 is 52.8 Å². The summed E-state index contributed by atoms with van der Waals surface area (Å²) in [6.45, 7) is 13.6. The second-order valence-electron chi connectivity index (χ2n) is 12.1. The summed E-state index contributed by atoms with van der Waals surface area (Å²) in [6, 6.07) is 7.82. The number of allylic oxidation sites excluding steroid dienone is 2. The molecular formula is C33H40O11. The molecule has 0 unspecified atom stereocenters. The van der Waals surface area contributed by atoms with E-state index >= 15 is 0 Å². The third-order valence-corrected chi connectivity index (χ3v) is 8.12. The number of fused-ring (bicyclic) bond motifs is 1. The van der Waals surface area contributed by atoms with Gasteiger partial charge in [-0.2, -0.15) is 0 Å². The topological polar surface area (TPSA) is 160 Å². The average Bonchev–Trinajstić information content (AvgIpc) is 3.21. The zero-order chi connectivity index (χ0) is 33.1. The van der Waals surface area contributed by atoms with Gasteiger partial charge in [-0.3, -0.25) is 24.0 Å². The van der Waals surface area contributed by atoms with Crippen LogP contribution in [-0.2, 0) is 42.9 Å². The third kappa shape index (κ3) is 6.99. The molecule has 0 amide bonds. The number of carbonyl (C=O) groups excluding carboxylic acids is 6. The van der Waals surface area contributed by atoms with E-state index in [9.17, 15) is 33.9 Å². The molecule has 11 heteroatoms. The van der Waals surface area contributed by atoms with Gasteiger partial charge >= 0.3 is 23.9 Å². The lowest BCUT2D eigenvalue weighted by Crippen LogP contribution is -2.58. The van der Waals surface area contributed by atoms with Crippen LogP contribution in [0.4, 0.5) is 0 Å². The van der Waals surface area contributed by atoms with E-state index in [4.69, 9.17) is 18.9 Å². The molecule has 1 N–H and O–H groups in total. The highest BCUT2D eigenvalue weighted by Gasteiger charge is 2.65. The number of rotatable bonds is 5. The molecule has 0 bridgehead atoms. The highest BCUT2D eigenvalue weighted by Crippen LogP contribution is 2.51. The number of carbonyl (C=O) groups is 6. The van der Waals surface area contributed by atoms with Gasteiger partial charge in [0.2, 0.25) is 0 Å². The molecular weight excluding hydrogens is 572 g/mol. The van der Waals surface area contributed by atoms with Gasteiger partial charge in [-0.25, -0.2) is 4.79 Å². The van der Waals surface area contributed by atoms with Crippen molar-refractivity contribution in [1.29, 1.82) is 0 Å². The molecule has 0 radical (unpaired) electrons. The van der Waals surface area contributed by atoms with Gasteiger partial charge in [0.1, 0.15) is 12.2 Å². The van der Waals surface area contributed by atoms with Gasteiger partial charge in [0.25, 0.3) is 0 Å². The predicted molar refractivity (Wildman–Crippen MR) is 156 cm³/mol. The van der Waals surface area contributed by atoms with E-state index in [1.54, 1.807) is 32.0 Å². The quantitative estimate of drug-likeness (QED) is 0.295. The molecule has 3 rings (SSSR count). The maximum atomic E-state index is 14.4. The number of Topliss-reactive ketones (excluding diaryl/α,β-unsaturated/α-hetero) is 2. The van der Waals surface area contributed by atoms with Gasteiger partial charge in [-0.15, -0.1) is 0 Å². The van der Waals surface area contributed by atoms with Gasteiger partial charge in [0.05, 0.1) is 11.5 Å². The molecule has 238 valence electrons. The van der Waals surface area contributed by atoms with Crippen molar-refractivity contribution >= 4 is 35.4 Å². The lowest BCUT2D eigenvalue weighted by Gasteiger charge is -2.42. The number of ketones is 2. The first kappa shape index (κ1) is 34.4. The Morgan fingerprint density at radius 3 is 2.00 bits per heavy atom. The van der Waals surface area contributed by atoms with Crippen LogP contribution >= 0.6 is 0 Å². The average molecular weight is 613 g/mol. The van der Waals surface area contributed by atoms with Crippen LogP contribution < -0.4 is 0 Å². The molecule has 11 nitrogen and oxygen atoms in total. The molecule has 1 fully saturated rings. The SMILES string of the molecule is C=C1[C@H](OC(=O)c2ccccc2)[C@H]2[C@@H](OC(C)=O)[C@@H](C)C[C@]2(OC(C)=O)C(=O)[C@@H](C)/C=C/C(C)(C)C(=O)[C@H](O)[C@H]1OC(C)=O. The molecule has 1 aromatic carbocycles. The van der Waals surface area contributed by atoms with Crippen LogP contribution in [0.25, 0.3) is 0 Å². The van der Waals surface area contributed by atoms with Crippen LogP contribution in [0.1, 0.15) is 65.2 Å².